The Hall–Kier alpha value is -3.13. The van der Waals surface area contributed by atoms with E-state index in [1.54, 1.807) is 13.2 Å². The summed E-state index contributed by atoms with van der Waals surface area (Å²) in [6, 6.07) is 7.96. The van der Waals surface area contributed by atoms with Crippen molar-refractivity contribution < 1.29 is 9.84 Å². The molecule has 0 amide bonds. The van der Waals surface area contributed by atoms with Gasteiger partial charge in [0.15, 0.2) is 5.82 Å². The molecule has 0 aliphatic carbocycles. The monoisotopic (exact) mass is 490 g/mol. The molecule has 2 aromatic heterocycles. The Morgan fingerprint density at radius 1 is 1.08 bits per heavy atom. The number of phenolic OH excluding ortho intramolecular Hbond substituents is 1. The minimum atomic E-state index is 0.0453. The van der Waals surface area contributed by atoms with Crippen LogP contribution in [0.25, 0.3) is 22.5 Å². The Morgan fingerprint density at radius 3 is 2.50 bits per heavy atom. The van der Waals surface area contributed by atoms with Gasteiger partial charge in [0, 0.05) is 42.7 Å². The van der Waals surface area contributed by atoms with Gasteiger partial charge in [-0.3, -0.25) is 0 Å². The lowest BCUT2D eigenvalue weighted by molar-refractivity contribution is 0.160. The van der Waals surface area contributed by atoms with Crippen LogP contribution in [0.1, 0.15) is 59.2 Å². The first-order valence-corrected chi connectivity index (χ1v) is 12.9. The van der Waals surface area contributed by atoms with E-state index in [4.69, 9.17) is 4.74 Å². The van der Waals surface area contributed by atoms with Gasteiger partial charge in [0.25, 0.3) is 0 Å². The van der Waals surface area contributed by atoms with Crippen LogP contribution in [-0.4, -0.2) is 56.1 Å². The second-order valence-electron chi connectivity index (χ2n) is 11.6. The highest BCUT2D eigenvalue weighted by Gasteiger charge is 2.39. The zero-order chi connectivity index (χ0) is 25.7. The molecule has 0 bridgehead atoms. The third-order valence-electron chi connectivity index (χ3n) is 7.55. The van der Waals surface area contributed by atoms with Crippen molar-refractivity contribution in [3.63, 3.8) is 0 Å². The van der Waals surface area contributed by atoms with E-state index >= 15 is 0 Å². The van der Waals surface area contributed by atoms with Crippen LogP contribution in [-0.2, 0) is 13.0 Å². The fraction of sp³-hybridized carbons (Fsp3) is 0.536. The summed E-state index contributed by atoms with van der Waals surface area (Å²) in [4.78, 5) is 6.82. The number of anilines is 1. The molecule has 0 atom stereocenters. The van der Waals surface area contributed by atoms with Crippen LogP contribution in [0.3, 0.4) is 0 Å². The Kier molecular flexibility index (Phi) is 6.19. The van der Waals surface area contributed by atoms with Crippen LogP contribution in [0, 0.1) is 0 Å². The predicted octanol–water partition coefficient (Wildman–Crippen LogP) is 4.80. The first-order chi connectivity index (χ1) is 17.1. The van der Waals surface area contributed by atoms with E-state index in [9.17, 15) is 5.11 Å². The van der Waals surface area contributed by atoms with E-state index in [1.807, 2.05) is 24.4 Å². The molecule has 192 valence electrons. The number of aromatic nitrogens is 4. The van der Waals surface area contributed by atoms with Crippen molar-refractivity contribution in [3.8, 4) is 34.0 Å². The summed E-state index contributed by atoms with van der Waals surface area (Å²) in [5, 5.41) is 23.9. The standard InChI is InChI=1S/C28H38N6O2/c1-27(2)15-19(16-28(3,4)32-27)33(5)25-11-10-20(30-31-25)26-22(35)13-18(14-23(26)36-6)21-17-29-24-9-7-8-12-34(21)24/h10-11,13-14,17,19,32,35H,7-9,12,15-16H2,1-6H3. The van der Waals surface area contributed by atoms with Gasteiger partial charge in [-0.15, -0.1) is 10.2 Å². The van der Waals surface area contributed by atoms with Crippen molar-refractivity contribution in [1.82, 2.24) is 25.1 Å². The van der Waals surface area contributed by atoms with Crippen LogP contribution in [0.4, 0.5) is 5.82 Å². The molecule has 8 nitrogen and oxygen atoms in total. The molecule has 0 saturated carbocycles. The average Bonchev–Trinajstić information content (AvgIpc) is 3.25. The van der Waals surface area contributed by atoms with Crippen molar-refractivity contribution in [2.75, 3.05) is 19.1 Å². The number of piperidine rings is 1. The van der Waals surface area contributed by atoms with Crippen molar-refractivity contribution in [1.29, 1.82) is 0 Å². The summed E-state index contributed by atoms with van der Waals surface area (Å²) in [5.41, 5.74) is 3.10. The summed E-state index contributed by atoms with van der Waals surface area (Å²) in [5.74, 6) is 2.60. The highest BCUT2D eigenvalue weighted by atomic mass is 16.5. The number of phenols is 1. The molecule has 1 fully saturated rings. The van der Waals surface area contributed by atoms with Gasteiger partial charge in [-0.25, -0.2) is 4.98 Å². The number of hydrogen-bond donors (Lipinski definition) is 2. The summed E-state index contributed by atoms with van der Waals surface area (Å²) >= 11 is 0. The quantitative estimate of drug-likeness (QED) is 0.531. The molecular weight excluding hydrogens is 452 g/mol. The smallest absolute Gasteiger partial charge is 0.151 e. The zero-order valence-corrected chi connectivity index (χ0v) is 22.3. The number of nitrogens with zero attached hydrogens (tertiary/aromatic N) is 5. The molecule has 1 aromatic carbocycles. The maximum atomic E-state index is 11.1. The maximum absolute atomic E-state index is 11.1. The molecule has 0 unspecified atom stereocenters. The second kappa shape index (κ2) is 9.07. The summed E-state index contributed by atoms with van der Waals surface area (Å²) in [6.45, 7) is 9.95. The van der Waals surface area contributed by atoms with E-state index in [0.29, 0.717) is 23.0 Å². The van der Waals surface area contributed by atoms with Crippen LogP contribution < -0.4 is 15.0 Å². The van der Waals surface area contributed by atoms with E-state index in [-0.39, 0.29) is 16.8 Å². The number of fused-ring (bicyclic) bond motifs is 1. The topological polar surface area (TPSA) is 88.3 Å². The molecule has 5 rings (SSSR count). The normalized spacial score (nSPS) is 19.1. The number of benzene rings is 1. The zero-order valence-electron chi connectivity index (χ0n) is 22.3. The lowest BCUT2D eigenvalue weighted by Gasteiger charge is -2.49. The van der Waals surface area contributed by atoms with Gasteiger partial charge in [-0.1, -0.05) is 0 Å². The van der Waals surface area contributed by atoms with E-state index in [2.05, 4.69) is 64.7 Å². The van der Waals surface area contributed by atoms with E-state index in [0.717, 1.165) is 55.1 Å². The number of rotatable bonds is 5. The molecule has 0 radical (unpaired) electrons. The Morgan fingerprint density at radius 2 is 1.83 bits per heavy atom. The van der Waals surface area contributed by atoms with Gasteiger partial charge in [0.2, 0.25) is 0 Å². The number of aromatic hydroxyl groups is 1. The number of imidazole rings is 1. The van der Waals surface area contributed by atoms with Gasteiger partial charge in [0.05, 0.1) is 24.6 Å². The SMILES string of the molecule is COc1cc(-c2cnc3n2CCCC3)cc(O)c1-c1ccc(N(C)C2CC(C)(C)NC(C)(C)C2)nn1. The Balaban J connectivity index is 1.43. The third-order valence-corrected chi connectivity index (χ3v) is 7.55. The number of ether oxygens (including phenoxy) is 1. The minimum absolute atomic E-state index is 0.0453. The van der Waals surface area contributed by atoms with Crippen molar-refractivity contribution in [3.05, 3.63) is 36.3 Å². The lowest BCUT2D eigenvalue weighted by atomic mass is 9.79. The molecular formula is C28H38N6O2. The predicted molar refractivity (Wildman–Crippen MR) is 143 cm³/mol. The fourth-order valence-electron chi connectivity index (χ4n) is 6.19. The van der Waals surface area contributed by atoms with Crippen LogP contribution in [0.15, 0.2) is 30.5 Å². The van der Waals surface area contributed by atoms with Gasteiger partial charge in [0.1, 0.15) is 23.0 Å². The van der Waals surface area contributed by atoms with Crippen LogP contribution in [0.5, 0.6) is 11.5 Å². The van der Waals surface area contributed by atoms with E-state index in [1.165, 1.54) is 6.42 Å². The molecule has 1 saturated heterocycles. The second-order valence-corrected chi connectivity index (χ2v) is 11.6. The van der Waals surface area contributed by atoms with Crippen LogP contribution >= 0.6 is 0 Å². The Labute approximate surface area is 213 Å². The average molecular weight is 491 g/mol. The van der Waals surface area contributed by atoms with Crippen molar-refractivity contribution in [2.45, 2.75) is 83.5 Å². The molecule has 3 aromatic rings. The highest BCUT2D eigenvalue weighted by molar-refractivity contribution is 5.79. The van der Waals surface area contributed by atoms with Crippen molar-refractivity contribution >= 4 is 5.82 Å². The van der Waals surface area contributed by atoms with Gasteiger partial charge in [-0.2, -0.15) is 0 Å². The summed E-state index contributed by atoms with van der Waals surface area (Å²) < 4.78 is 7.95. The van der Waals surface area contributed by atoms with Gasteiger partial charge >= 0.3 is 0 Å². The Bertz CT molecular complexity index is 1230. The molecule has 2 N–H and O–H groups in total. The lowest BCUT2D eigenvalue weighted by Crippen LogP contribution is -2.62. The van der Waals surface area contributed by atoms with Gasteiger partial charge in [-0.05, 0) is 77.6 Å². The number of nitrogens with one attached hydrogen (secondary N) is 1. The van der Waals surface area contributed by atoms with Crippen molar-refractivity contribution in [2.24, 2.45) is 0 Å². The third kappa shape index (κ3) is 4.66. The van der Waals surface area contributed by atoms with Crippen LogP contribution in [0.2, 0.25) is 0 Å². The van der Waals surface area contributed by atoms with E-state index < -0.39 is 0 Å². The number of methoxy groups -OCH3 is 1. The van der Waals surface area contributed by atoms with Gasteiger partial charge < -0.3 is 24.6 Å². The molecule has 0 spiro atoms. The molecule has 2 aliphatic heterocycles. The first kappa shape index (κ1) is 24.6. The maximum Gasteiger partial charge on any atom is 0.151 e. The summed E-state index contributed by atoms with van der Waals surface area (Å²) in [6.07, 6.45) is 7.23. The number of hydrogen-bond acceptors (Lipinski definition) is 7. The minimum Gasteiger partial charge on any atom is -0.507 e. The largest absolute Gasteiger partial charge is 0.507 e. The molecule has 2 aliphatic rings. The fourth-order valence-corrected chi connectivity index (χ4v) is 6.19. The highest BCUT2D eigenvalue weighted by Crippen LogP contribution is 2.41. The summed E-state index contributed by atoms with van der Waals surface area (Å²) in [7, 11) is 3.70. The molecule has 4 heterocycles. The molecule has 36 heavy (non-hydrogen) atoms. The number of aryl methyl sites for hydroxylation is 1. The molecule has 8 heteroatoms. The first-order valence-electron chi connectivity index (χ1n) is 12.9.